The molecule has 1 saturated carbocycles. The minimum atomic E-state index is -0.249. The van der Waals surface area contributed by atoms with E-state index in [0.717, 1.165) is 50.1 Å². The molecule has 1 unspecified atom stereocenters. The molecule has 1 aliphatic heterocycles. The third kappa shape index (κ3) is 2.84. The number of hydrogen-bond donors (Lipinski definition) is 1. The van der Waals surface area contributed by atoms with Gasteiger partial charge in [-0.3, -0.25) is 0 Å². The number of piperidine rings is 1. The van der Waals surface area contributed by atoms with Crippen molar-refractivity contribution in [3.8, 4) is 11.5 Å². The number of methoxy groups -OCH3 is 1. The van der Waals surface area contributed by atoms with Gasteiger partial charge in [-0.15, -0.1) is 0 Å². The topological polar surface area (TPSA) is 30.5 Å². The van der Waals surface area contributed by atoms with Crippen LogP contribution in [0, 0.1) is 5.82 Å². The van der Waals surface area contributed by atoms with Crippen molar-refractivity contribution in [1.82, 2.24) is 5.32 Å². The van der Waals surface area contributed by atoms with Crippen LogP contribution in [0.2, 0.25) is 0 Å². The van der Waals surface area contributed by atoms with Crippen LogP contribution in [0.4, 0.5) is 4.39 Å². The summed E-state index contributed by atoms with van der Waals surface area (Å²) < 4.78 is 25.0. The average Bonchev–Trinajstić information content (AvgIpc) is 3.25. The molecule has 1 N–H and O–H groups in total. The van der Waals surface area contributed by atoms with E-state index in [-0.39, 0.29) is 11.9 Å². The van der Waals surface area contributed by atoms with Crippen LogP contribution in [0.25, 0.3) is 0 Å². The average molecular weight is 265 g/mol. The number of ether oxygens (including phenoxy) is 2. The van der Waals surface area contributed by atoms with Crippen LogP contribution in [-0.2, 0) is 0 Å². The molecule has 19 heavy (non-hydrogen) atoms. The summed E-state index contributed by atoms with van der Waals surface area (Å²) in [5, 5.41) is 3.37. The first-order chi connectivity index (χ1) is 9.28. The Kier molecular flexibility index (Phi) is 3.60. The molecule has 1 aromatic carbocycles. The first-order valence-electron chi connectivity index (χ1n) is 7.02. The maximum atomic E-state index is 13.7. The highest BCUT2D eigenvalue weighted by atomic mass is 19.1. The largest absolute Gasteiger partial charge is 0.493 e. The van der Waals surface area contributed by atoms with E-state index >= 15 is 0 Å². The minimum absolute atomic E-state index is 0.249. The molecule has 2 aliphatic rings. The molecule has 0 radical (unpaired) electrons. The zero-order valence-corrected chi connectivity index (χ0v) is 11.2. The van der Waals surface area contributed by atoms with E-state index < -0.39 is 0 Å². The van der Waals surface area contributed by atoms with Gasteiger partial charge in [0.05, 0.1) is 13.2 Å². The Morgan fingerprint density at radius 2 is 2.11 bits per heavy atom. The lowest BCUT2D eigenvalue weighted by atomic mass is 9.90. The summed E-state index contributed by atoms with van der Waals surface area (Å²) in [5.41, 5.74) is 0.955. The van der Waals surface area contributed by atoms with E-state index in [1.54, 1.807) is 13.2 Å². The third-order valence-electron chi connectivity index (χ3n) is 3.81. The molecule has 2 fully saturated rings. The number of halogens is 1. The summed E-state index contributed by atoms with van der Waals surface area (Å²) in [5.74, 6) is 1.33. The predicted molar refractivity (Wildman–Crippen MR) is 71.4 cm³/mol. The second-order valence-electron chi connectivity index (χ2n) is 5.39. The zero-order valence-electron chi connectivity index (χ0n) is 11.2. The fourth-order valence-electron chi connectivity index (χ4n) is 2.64. The van der Waals surface area contributed by atoms with Crippen LogP contribution in [0.3, 0.4) is 0 Å². The Labute approximate surface area is 113 Å². The number of rotatable bonds is 4. The van der Waals surface area contributed by atoms with Crippen molar-refractivity contribution < 1.29 is 13.9 Å². The van der Waals surface area contributed by atoms with Crippen LogP contribution in [0.1, 0.15) is 37.2 Å². The molecular formula is C15H20FNO2. The molecule has 3 nitrogen and oxygen atoms in total. The fourth-order valence-corrected chi connectivity index (χ4v) is 2.64. The van der Waals surface area contributed by atoms with Crippen LogP contribution in [-0.4, -0.2) is 26.3 Å². The molecule has 0 amide bonds. The Bertz CT molecular complexity index is 454. The molecule has 1 saturated heterocycles. The Morgan fingerprint density at radius 3 is 2.74 bits per heavy atom. The summed E-state index contributed by atoms with van der Waals surface area (Å²) in [6.45, 7) is 1.93. The summed E-state index contributed by atoms with van der Waals surface area (Å²) in [6.07, 6.45) is 4.65. The van der Waals surface area contributed by atoms with E-state index in [4.69, 9.17) is 9.47 Å². The molecule has 1 aromatic rings. The lowest BCUT2D eigenvalue weighted by Crippen LogP contribution is -2.28. The van der Waals surface area contributed by atoms with E-state index in [2.05, 4.69) is 5.32 Å². The van der Waals surface area contributed by atoms with Crippen molar-refractivity contribution in [2.75, 3.05) is 20.2 Å². The standard InChI is InChI=1S/C15H20FNO2/c1-18-14-8-11(16)7-13(10-3-2-6-17-9-10)15(14)19-12-4-5-12/h7-8,10,12,17H,2-6,9H2,1H3. The molecular weight excluding hydrogens is 245 g/mol. The van der Waals surface area contributed by atoms with Gasteiger partial charge in [0.15, 0.2) is 11.5 Å². The van der Waals surface area contributed by atoms with E-state index in [1.165, 1.54) is 6.07 Å². The summed E-state index contributed by atoms with van der Waals surface area (Å²) in [7, 11) is 1.57. The van der Waals surface area contributed by atoms with Crippen molar-refractivity contribution in [3.05, 3.63) is 23.5 Å². The minimum Gasteiger partial charge on any atom is -0.493 e. The van der Waals surface area contributed by atoms with Gasteiger partial charge in [0.25, 0.3) is 0 Å². The van der Waals surface area contributed by atoms with Gasteiger partial charge in [0.2, 0.25) is 0 Å². The quantitative estimate of drug-likeness (QED) is 0.908. The molecule has 0 aromatic heterocycles. The first-order valence-corrected chi connectivity index (χ1v) is 7.02. The van der Waals surface area contributed by atoms with Gasteiger partial charge in [0, 0.05) is 24.1 Å². The van der Waals surface area contributed by atoms with Gasteiger partial charge in [-0.2, -0.15) is 0 Å². The Morgan fingerprint density at radius 1 is 1.26 bits per heavy atom. The van der Waals surface area contributed by atoms with Crippen molar-refractivity contribution in [1.29, 1.82) is 0 Å². The van der Waals surface area contributed by atoms with Crippen LogP contribution >= 0.6 is 0 Å². The molecule has 1 heterocycles. The second kappa shape index (κ2) is 5.37. The lowest BCUT2D eigenvalue weighted by Gasteiger charge is -2.26. The predicted octanol–water partition coefficient (Wildman–Crippen LogP) is 2.84. The van der Waals surface area contributed by atoms with Gasteiger partial charge >= 0.3 is 0 Å². The molecule has 1 aliphatic carbocycles. The lowest BCUT2D eigenvalue weighted by molar-refractivity contribution is 0.274. The van der Waals surface area contributed by atoms with E-state index in [1.807, 2.05) is 0 Å². The Hall–Kier alpha value is -1.29. The molecule has 0 spiro atoms. The third-order valence-corrected chi connectivity index (χ3v) is 3.81. The van der Waals surface area contributed by atoms with Crippen molar-refractivity contribution in [2.45, 2.75) is 37.7 Å². The normalized spacial score (nSPS) is 23.2. The Balaban J connectivity index is 1.95. The zero-order chi connectivity index (χ0) is 13.2. The van der Waals surface area contributed by atoms with Gasteiger partial charge in [-0.25, -0.2) is 4.39 Å². The number of benzene rings is 1. The van der Waals surface area contributed by atoms with Crippen LogP contribution in [0.5, 0.6) is 11.5 Å². The molecule has 4 heteroatoms. The van der Waals surface area contributed by atoms with Gasteiger partial charge in [-0.1, -0.05) is 0 Å². The second-order valence-corrected chi connectivity index (χ2v) is 5.39. The summed E-state index contributed by atoms with van der Waals surface area (Å²) in [4.78, 5) is 0. The summed E-state index contributed by atoms with van der Waals surface area (Å²) in [6, 6.07) is 3.02. The molecule has 1 atom stereocenters. The maximum absolute atomic E-state index is 13.7. The van der Waals surface area contributed by atoms with Gasteiger partial charge in [-0.05, 0) is 38.3 Å². The van der Waals surface area contributed by atoms with E-state index in [9.17, 15) is 4.39 Å². The highest BCUT2D eigenvalue weighted by Crippen LogP contribution is 2.41. The van der Waals surface area contributed by atoms with Crippen molar-refractivity contribution in [2.24, 2.45) is 0 Å². The molecule has 3 rings (SSSR count). The van der Waals surface area contributed by atoms with Gasteiger partial charge in [0.1, 0.15) is 5.82 Å². The van der Waals surface area contributed by atoms with Crippen LogP contribution < -0.4 is 14.8 Å². The molecule has 0 bridgehead atoms. The smallest absolute Gasteiger partial charge is 0.165 e. The summed E-state index contributed by atoms with van der Waals surface area (Å²) >= 11 is 0. The highest BCUT2D eigenvalue weighted by Gasteiger charge is 2.29. The van der Waals surface area contributed by atoms with Crippen molar-refractivity contribution in [3.63, 3.8) is 0 Å². The SMILES string of the molecule is COc1cc(F)cc(C2CCCNC2)c1OC1CC1. The first kappa shape index (κ1) is 12.7. The van der Waals surface area contributed by atoms with Crippen molar-refractivity contribution >= 4 is 0 Å². The van der Waals surface area contributed by atoms with Gasteiger partial charge < -0.3 is 14.8 Å². The van der Waals surface area contributed by atoms with E-state index in [0.29, 0.717) is 11.7 Å². The highest BCUT2D eigenvalue weighted by molar-refractivity contribution is 5.49. The monoisotopic (exact) mass is 265 g/mol. The van der Waals surface area contributed by atoms with Crippen LogP contribution in [0.15, 0.2) is 12.1 Å². The number of nitrogens with one attached hydrogen (secondary N) is 1. The number of hydrogen-bond acceptors (Lipinski definition) is 3. The maximum Gasteiger partial charge on any atom is 0.165 e. The molecule has 104 valence electrons. The fraction of sp³-hybridized carbons (Fsp3) is 0.600.